The largest absolute Gasteiger partial charge is 0.331 e. The van der Waals surface area contributed by atoms with Crippen LogP contribution in [0.1, 0.15) is 41.9 Å². The SMILES string of the molecule is CC[C@@H]1CCc2c(sc3nc(Cc4nc5ccccc5n4C)[nH]c(=O)c23)C1. The summed E-state index contributed by atoms with van der Waals surface area (Å²) in [5.74, 6) is 2.34. The lowest BCUT2D eigenvalue weighted by Gasteiger charge is -2.20. The van der Waals surface area contributed by atoms with E-state index in [0.717, 1.165) is 45.8 Å². The van der Waals surface area contributed by atoms with Gasteiger partial charge in [-0.05, 0) is 42.9 Å². The number of hydrogen-bond donors (Lipinski definition) is 1. The second-order valence-electron chi connectivity index (χ2n) is 7.47. The van der Waals surface area contributed by atoms with Crippen molar-refractivity contribution in [2.75, 3.05) is 0 Å². The molecule has 1 N–H and O–H groups in total. The van der Waals surface area contributed by atoms with E-state index in [2.05, 4.69) is 22.5 Å². The molecular weight excluding hydrogens is 356 g/mol. The van der Waals surface area contributed by atoms with Gasteiger partial charge in [-0.15, -0.1) is 11.3 Å². The topological polar surface area (TPSA) is 63.6 Å². The number of imidazole rings is 1. The van der Waals surface area contributed by atoms with Gasteiger partial charge in [-0.2, -0.15) is 0 Å². The predicted molar refractivity (Wildman–Crippen MR) is 110 cm³/mol. The number of benzene rings is 1. The number of para-hydroxylation sites is 2. The molecule has 1 atom stereocenters. The van der Waals surface area contributed by atoms with Crippen molar-refractivity contribution in [2.24, 2.45) is 13.0 Å². The molecule has 3 heterocycles. The second-order valence-corrected chi connectivity index (χ2v) is 8.55. The molecule has 0 spiro atoms. The van der Waals surface area contributed by atoms with Crippen LogP contribution in [0.25, 0.3) is 21.3 Å². The Hall–Kier alpha value is -2.47. The smallest absolute Gasteiger partial charge is 0.259 e. The van der Waals surface area contributed by atoms with E-state index in [0.29, 0.717) is 12.2 Å². The fourth-order valence-corrected chi connectivity index (χ4v) is 5.59. The Kier molecular flexibility index (Phi) is 3.90. The van der Waals surface area contributed by atoms with Gasteiger partial charge in [0.15, 0.2) is 0 Å². The lowest BCUT2D eigenvalue weighted by molar-refractivity contribution is 0.451. The molecule has 0 saturated heterocycles. The van der Waals surface area contributed by atoms with Gasteiger partial charge in [-0.1, -0.05) is 25.5 Å². The Bertz CT molecular complexity index is 1220. The highest BCUT2D eigenvalue weighted by Crippen LogP contribution is 2.36. The zero-order chi connectivity index (χ0) is 18.5. The highest BCUT2D eigenvalue weighted by Gasteiger charge is 2.24. The third kappa shape index (κ3) is 2.70. The minimum absolute atomic E-state index is 0.00112. The summed E-state index contributed by atoms with van der Waals surface area (Å²) in [6.07, 6.45) is 5.00. The van der Waals surface area contributed by atoms with E-state index >= 15 is 0 Å². The third-order valence-electron chi connectivity index (χ3n) is 5.85. The van der Waals surface area contributed by atoms with Crippen LogP contribution in [0.3, 0.4) is 0 Å². The van der Waals surface area contributed by atoms with Gasteiger partial charge in [0, 0.05) is 11.9 Å². The molecule has 4 aromatic rings. The minimum Gasteiger partial charge on any atom is -0.331 e. The van der Waals surface area contributed by atoms with E-state index in [1.165, 1.54) is 23.3 Å². The molecule has 1 aliphatic carbocycles. The van der Waals surface area contributed by atoms with Crippen molar-refractivity contribution < 1.29 is 0 Å². The maximum Gasteiger partial charge on any atom is 0.259 e. The Balaban J connectivity index is 1.56. The number of aryl methyl sites for hydroxylation is 2. The van der Waals surface area contributed by atoms with E-state index in [1.807, 2.05) is 25.2 Å². The van der Waals surface area contributed by atoms with Crippen LogP contribution in [0.2, 0.25) is 0 Å². The fraction of sp³-hybridized carbons (Fsp3) is 0.381. The van der Waals surface area contributed by atoms with Crippen LogP contribution in [-0.4, -0.2) is 19.5 Å². The summed E-state index contributed by atoms with van der Waals surface area (Å²) < 4.78 is 2.07. The molecule has 0 saturated carbocycles. The van der Waals surface area contributed by atoms with Crippen LogP contribution in [0.15, 0.2) is 29.1 Å². The van der Waals surface area contributed by atoms with Crippen molar-refractivity contribution in [2.45, 2.75) is 39.0 Å². The maximum atomic E-state index is 12.8. The fourth-order valence-electron chi connectivity index (χ4n) is 4.23. The zero-order valence-corrected chi connectivity index (χ0v) is 16.4. The molecule has 5 rings (SSSR count). The quantitative estimate of drug-likeness (QED) is 0.586. The van der Waals surface area contributed by atoms with E-state index in [1.54, 1.807) is 11.3 Å². The predicted octanol–water partition coefficient (Wildman–Crippen LogP) is 3.98. The van der Waals surface area contributed by atoms with Crippen molar-refractivity contribution in [3.8, 4) is 0 Å². The van der Waals surface area contributed by atoms with Crippen molar-refractivity contribution in [1.82, 2.24) is 19.5 Å². The molecule has 3 aromatic heterocycles. The first-order chi connectivity index (χ1) is 13.1. The lowest BCUT2D eigenvalue weighted by Crippen LogP contribution is -2.16. The lowest BCUT2D eigenvalue weighted by atomic mass is 9.86. The molecule has 138 valence electrons. The van der Waals surface area contributed by atoms with Gasteiger partial charge in [0.2, 0.25) is 0 Å². The number of aromatic amines is 1. The van der Waals surface area contributed by atoms with Crippen molar-refractivity contribution in [3.05, 3.63) is 56.7 Å². The molecule has 0 amide bonds. The first-order valence-electron chi connectivity index (χ1n) is 9.57. The molecule has 0 bridgehead atoms. The Labute approximate surface area is 161 Å². The molecule has 0 aliphatic heterocycles. The number of thiophene rings is 1. The monoisotopic (exact) mass is 378 g/mol. The molecule has 1 aliphatic rings. The van der Waals surface area contributed by atoms with Gasteiger partial charge in [0.25, 0.3) is 5.56 Å². The number of nitrogens with zero attached hydrogens (tertiary/aromatic N) is 3. The highest BCUT2D eigenvalue weighted by molar-refractivity contribution is 7.18. The number of hydrogen-bond acceptors (Lipinski definition) is 4. The summed E-state index contributed by atoms with van der Waals surface area (Å²) in [6.45, 7) is 2.25. The van der Waals surface area contributed by atoms with Gasteiger partial charge >= 0.3 is 0 Å². The average molecular weight is 379 g/mol. The van der Waals surface area contributed by atoms with Crippen LogP contribution < -0.4 is 5.56 Å². The Morgan fingerprint density at radius 2 is 2.15 bits per heavy atom. The number of nitrogens with one attached hydrogen (secondary N) is 1. The highest BCUT2D eigenvalue weighted by atomic mass is 32.1. The number of aromatic nitrogens is 4. The number of fused-ring (bicyclic) bond motifs is 4. The molecule has 5 nitrogen and oxygen atoms in total. The van der Waals surface area contributed by atoms with Gasteiger partial charge in [0.05, 0.1) is 22.8 Å². The minimum atomic E-state index is 0.00112. The number of H-pyrrole nitrogens is 1. The molecule has 0 radical (unpaired) electrons. The average Bonchev–Trinajstić information content (AvgIpc) is 3.19. The summed E-state index contributed by atoms with van der Waals surface area (Å²) in [5, 5.41) is 0.818. The molecule has 27 heavy (non-hydrogen) atoms. The van der Waals surface area contributed by atoms with Crippen LogP contribution in [0, 0.1) is 5.92 Å². The molecular formula is C21H22N4OS. The summed E-state index contributed by atoms with van der Waals surface area (Å²) in [5.41, 5.74) is 3.30. The van der Waals surface area contributed by atoms with E-state index in [4.69, 9.17) is 9.97 Å². The van der Waals surface area contributed by atoms with Crippen LogP contribution in [0.5, 0.6) is 0 Å². The summed E-state index contributed by atoms with van der Waals surface area (Å²) >= 11 is 1.71. The second kappa shape index (κ2) is 6.30. The molecule has 1 aromatic carbocycles. The summed E-state index contributed by atoms with van der Waals surface area (Å²) in [6, 6.07) is 8.07. The molecule has 0 fully saturated rings. The molecule has 0 unspecified atom stereocenters. The summed E-state index contributed by atoms with van der Waals surface area (Å²) in [7, 11) is 2.01. The van der Waals surface area contributed by atoms with Gasteiger partial charge < -0.3 is 9.55 Å². The van der Waals surface area contributed by atoms with E-state index < -0.39 is 0 Å². The maximum absolute atomic E-state index is 12.8. The first kappa shape index (κ1) is 16.7. The van der Waals surface area contributed by atoms with Gasteiger partial charge in [-0.3, -0.25) is 4.79 Å². The third-order valence-corrected chi connectivity index (χ3v) is 7.00. The van der Waals surface area contributed by atoms with Crippen LogP contribution >= 0.6 is 11.3 Å². The van der Waals surface area contributed by atoms with Crippen molar-refractivity contribution in [1.29, 1.82) is 0 Å². The standard InChI is InChI=1S/C21H22N4OS/c1-3-12-8-9-13-16(10-12)27-21-19(13)20(26)23-17(24-21)11-18-22-14-6-4-5-7-15(14)25(18)2/h4-7,12H,3,8-11H2,1-2H3,(H,23,24,26)/t12-/m1/s1. The Morgan fingerprint density at radius 3 is 2.96 bits per heavy atom. The van der Waals surface area contributed by atoms with Crippen LogP contribution in [-0.2, 0) is 26.3 Å². The van der Waals surface area contributed by atoms with Crippen molar-refractivity contribution in [3.63, 3.8) is 0 Å². The molecule has 6 heteroatoms. The normalized spacial score (nSPS) is 16.9. The first-order valence-corrected chi connectivity index (χ1v) is 10.4. The Morgan fingerprint density at radius 1 is 1.30 bits per heavy atom. The summed E-state index contributed by atoms with van der Waals surface area (Å²) in [4.78, 5) is 27.6. The van der Waals surface area contributed by atoms with E-state index in [-0.39, 0.29) is 5.56 Å². The van der Waals surface area contributed by atoms with Gasteiger partial charge in [-0.25, -0.2) is 9.97 Å². The van der Waals surface area contributed by atoms with Gasteiger partial charge in [0.1, 0.15) is 16.5 Å². The number of rotatable bonds is 3. The van der Waals surface area contributed by atoms with E-state index in [9.17, 15) is 4.79 Å². The zero-order valence-electron chi connectivity index (χ0n) is 15.6. The van der Waals surface area contributed by atoms with Crippen molar-refractivity contribution >= 4 is 32.6 Å². The van der Waals surface area contributed by atoms with Crippen LogP contribution in [0.4, 0.5) is 0 Å².